The fourth-order valence-corrected chi connectivity index (χ4v) is 2.97. The number of halogens is 2. The van der Waals surface area contributed by atoms with Gasteiger partial charge in [0.25, 0.3) is 0 Å². The highest BCUT2D eigenvalue weighted by molar-refractivity contribution is 9.11. The number of thiazole rings is 1. The third-order valence-electron chi connectivity index (χ3n) is 1.65. The Morgan fingerprint density at radius 2 is 2.29 bits per heavy atom. The second-order valence-electron chi connectivity index (χ2n) is 2.83. The van der Waals surface area contributed by atoms with Crippen molar-refractivity contribution in [1.29, 1.82) is 0 Å². The van der Waals surface area contributed by atoms with Gasteiger partial charge in [-0.3, -0.25) is 4.68 Å². The molecule has 0 aliphatic carbocycles. The van der Waals surface area contributed by atoms with E-state index in [1.165, 1.54) is 0 Å². The molecule has 0 radical (unpaired) electrons. The second kappa shape index (κ2) is 4.12. The first-order valence-electron chi connectivity index (χ1n) is 3.95. The lowest BCUT2D eigenvalue weighted by Crippen LogP contribution is -2.01. The molecule has 2 aromatic heterocycles. The molecule has 0 aliphatic rings. The van der Waals surface area contributed by atoms with Crippen molar-refractivity contribution in [1.82, 2.24) is 14.8 Å². The van der Waals surface area contributed by atoms with E-state index in [4.69, 9.17) is 0 Å². The van der Waals surface area contributed by atoms with Crippen LogP contribution in [0.1, 0.15) is 10.7 Å². The van der Waals surface area contributed by atoms with Crippen molar-refractivity contribution in [2.45, 2.75) is 13.5 Å². The lowest BCUT2D eigenvalue weighted by molar-refractivity contribution is 0.663. The Morgan fingerprint density at radius 1 is 1.50 bits per heavy atom. The maximum atomic E-state index is 4.38. The highest BCUT2D eigenvalue weighted by Gasteiger charge is 2.05. The van der Waals surface area contributed by atoms with Crippen molar-refractivity contribution >= 4 is 43.2 Å². The van der Waals surface area contributed by atoms with Crippen LogP contribution in [0.4, 0.5) is 0 Å². The molecule has 0 spiro atoms. The van der Waals surface area contributed by atoms with Crippen LogP contribution < -0.4 is 0 Å². The molecule has 0 aliphatic heterocycles. The van der Waals surface area contributed by atoms with E-state index in [2.05, 4.69) is 41.9 Å². The van der Waals surface area contributed by atoms with Crippen molar-refractivity contribution in [3.05, 3.63) is 31.4 Å². The molecule has 2 rings (SSSR count). The van der Waals surface area contributed by atoms with E-state index in [1.807, 2.05) is 23.1 Å². The van der Waals surface area contributed by atoms with Crippen LogP contribution in [0.5, 0.6) is 0 Å². The molecule has 0 amide bonds. The van der Waals surface area contributed by atoms with Crippen molar-refractivity contribution in [3.8, 4) is 0 Å². The standard InChI is InChI=1S/C8H7Br2N3S/c1-5-4-14-8(11-5)3-13-7(10)2-6(9)12-13/h2,4H,3H2,1H3. The Labute approximate surface area is 102 Å². The van der Waals surface area contributed by atoms with Crippen molar-refractivity contribution in [2.75, 3.05) is 0 Å². The van der Waals surface area contributed by atoms with Crippen LogP contribution in [0, 0.1) is 6.92 Å². The van der Waals surface area contributed by atoms with E-state index in [0.29, 0.717) is 6.54 Å². The Morgan fingerprint density at radius 3 is 2.79 bits per heavy atom. The zero-order chi connectivity index (χ0) is 10.1. The van der Waals surface area contributed by atoms with E-state index < -0.39 is 0 Å². The summed E-state index contributed by atoms with van der Waals surface area (Å²) in [7, 11) is 0. The van der Waals surface area contributed by atoms with Crippen LogP contribution in [-0.4, -0.2) is 14.8 Å². The molecule has 0 fully saturated rings. The monoisotopic (exact) mass is 335 g/mol. The summed E-state index contributed by atoms with van der Waals surface area (Å²) in [5.74, 6) is 0. The van der Waals surface area contributed by atoms with Gasteiger partial charge in [0.05, 0.1) is 6.54 Å². The number of aryl methyl sites for hydroxylation is 1. The second-order valence-corrected chi connectivity index (χ2v) is 5.40. The highest BCUT2D eigenvalue weighted by atomic mass is 79.9. The Kier molecular flexibility index (Phi) is 3.04. The maximum Gasteiger partial charge on any atom is 0.129 e. The lowest BCUT2D eigenvalue weighted by Gasteiger charge is -1.98. The molecule has 0 unspecified atom stereocenters. The number of aromatic nitrogens is 3. The van der Waals surface area contributed by atoms with Crippen LogP contribution in [0.15, 0.2) is 20.7 Å². The first-order chi connectivity index (χ1) is 6.65. The zero-order valence-electron chi connectivity index (χ0n) is 7.37. The minimum atomic E-state index is 0.713. The van der Waals surface area contributed by atoms with Crippen molar-refractivity contribution in [3.63, 3.8) is 0 Å². The van der Waals surface area contributed by atoms with E-state index in [0.717, 1.165) is 19.9 Å². The quantitative estimate of drug-likeness (QED) is 0.843. The molecule has 0 N–H and O–H groups in total. The molecular formula is C8H7Br2N3S. The van der Waals surface area contributed by atoms with Gasteiger partial charge in [0.1, 0.15) is 14.2 Å². The summed E-state index contributed by atoms with van der Waals surface area (Å²) in [6.45, 7) is 2.71. The molecule has 0 bridgehead atoms. The summed E-state index contributed by atoms with van der Waals surface area (Å²) in [6, 6.07) is 1.92. The predicted molar refractivity (Wildman–Crippen MR) is 63.6 cm³/mol. The van der Waals surface area contributed by atoms with Gasteiger partial charge in [-0.15, -0.1) is 11.3 Å². The smallest absolute Gasteiger partial charge is 0.129 e. The van der Waals surface area contributed by atoms with Gasteiger partial charge >= 0.3 is 0 Å². The van der Waals surface area contributed by atoms with E-state index >= 15 is 0 Å². The van der Waals surface area contributed by atoms with E-state index in [1.54, 1.807) is 11.3 Å². The molecule has 2 aromatic rings. The molecule has 0 atom stereocenters. The van der Waals surface area contributed by atoms with Crippen molar-refractivity contribution < 1.29 is 0 Å². The predicted octanol–water partition coefficient (Wildman–Crippen LogP) is 3.22. The first-order valence-corrected chi connectivity index (χ1v) is 6.41. The summed E-state index contributed by atoms with van der Waals surface area (Å²) in [5, 5.41) is 7.38. The molecule has 2 heterocycles. The Balaban J connectivity index is 2.22. The fourth-order valence-electron chi connectivity index (χ4n) is 1.08. The van der Waals surface area contributed by atoms with E-state index in [9.17, 15) is 0 Å². The molecule has 3 nitrogen and oxygen atoms in total. The SMILES string of the molecule is Cc1csc(Cn2nc(Br)cc2Br)n1. The first kappa shape index (κ1) is 10.3. The summed E-state index contributed by atoms with van der Waals surface area (Å²) in [4.78, 5) is 4.38. The van der Waals surface area contributed by atoms with Crippen molar-refractivity contribution in [2.24, 2.45) is 0 Å². The third-order valence-corrected chi connectivity index (χ3v) is 3.63. The highest BCUT2D eigenvalue weighted by Crippen LogP contribution is 2.18. The van der Waals surface area contributed by atoms with Gasteiger partial charge in [0, 0.05) is 17.1 Å². The van der Waals surface area contributed by atoms with Crippen LogP contribution in [0.2, 0.25) is 0 Å². The maximum absolute atomic E-state index is 4.38. The Bertz CT molecular complexity index is 449. The van der Waals surface area contributed by atoms with Crippen LogP contribution in [0.25, 0.3) is 0 Å². The average molecular weight is 337 g/mol. The number of rotatable bonds is 2. The molecule has 0 saturated carbocycles. The van der Waals surface area contributed by atoms with Gasteiger partial charge in [-0.05, 0) is 38.8 Å². The van der Waals surface area contributed by atoms with E-state index in [-0.39, 0.29) is 0 Å². The summed E-state index contributed by atoms with van der Waals surface area (Å²) in [6.07, 6.45) is 0. The van der Waals surface area contributed by atoms with Gasteiger partial charge < -0.3 is 0 Å². The number of hydrogen-bond donors (Lipinski definition) is 0. The Hall–Kier alpha value is -0.200. The van der Waals surface area contributed by atoms with Gasteiger partial charge in [0.15, 0.2) is 0 Å². The van der Waals surface area contributed by atoms with Crippen LogP contribution >= 0.6 is 43.2 Å². The molecule has 0 saturated heterocycles. The molecule has 74 valence electrons. The van der Waals surface area contributed by atoms with Crippen LogP contribution in [0.3, 0.4) is 0 Å². The largest absolute Gasteiger partial charge is 0.250 e. The normalized spacial score (nSPS) is 10.8. The topological polar surface area (TPSA) is 30.7 Å². The van der Waals surface area contributed by atoms with Gasteiger partial charge in [0.2, 0.25) is 0 Å². The van der Waals surface area contributed by atoms with Crippen LogP contribution in [-0.2, 0) is 6.54 Å². The summed E-state index contributed by atoms with van der Waals surface area (Å²) < 4.78 is 3.65. The molecule has 14 heavy (non-hydrogen) atoms. The zero-order valence-corrected chi connectivity index (χ0v) is 11.4. The fraction of sp³-hybridized carbons (Fsp3) is 0.250. The lowest BCUT2D eigenvalue weighted by atomic mass is 10.6. The third kappa shape index (κ3) is 2.24. The molecule has 6 heteroatoms. The number of hydrogen-bond acceptors (Lipinski definition) is 3. The van der Waals surface area contributed by atoms with Gasteiger partial charge in [-0.2, -0.15) is 5.10 Å². The molecule has 0 aromatic carbocycles. The van der Waals surface area contributed by atoms with Gasteiger partial charge in [-0.1, -0.05) is 0 Å². The summed E-state index contributed by atoms with van der Waals surface area (Å²) >= 11 is 8.41. The summed E-state index contributed by atoms with van der Waals surface area (Å²) in [5.41, 5.74) is 1.06. The van der Waals surface area contributed by atoms with Gasteiger partial charge in [-0.25, -0.2) is 4.98 Å². The number of nitrogens with zero attached hydrogens (tertiary/aromatic N) is 3. The minimum absolute atomic E-state index is 0.713. The minimum Gasteiger partial charge on any atom is -0.250 e. The average Bonchev–Trinajstić information content (AvgIpc) is 2.61. The molecular weight excluding hydrogens is 330 g/mol.